The standard InChI is InChI=1S/C8H9FO3/c1-5(2)7(10)12-8(11)6(3)4-9/h1,3-4H2,2H3. The minimum absolute atomic E-state index is 0.0787. The van der Waals surface area contributed by atoms with Crippen LogP contribution in [0.2, 0.25) is 0 Å². The quantitative estimate of drug-likeness (QED) is 0.364. The Morgan fingerprint density at radius 3 is 2.17 bits per heavy atom. The molecule has 12 heavy (non-hydrogen) atoms. The van der Waals surface area contributed by atoms with Gasteiger partial charge in [0.1, 0.15) is 6.67 Å². The highest BCUT2D eigenvalue weighted by Crippen LogP contribution is 1.99. The van der Waals surface area contributed by atoms with Crippen LogP contribution in [0.1, 0.15) is 6.92 Å². The maximum absolute atomic E-state index is 11.8. The summed E-state index contributed by atoms with van der Waals surface area (Å²) in [5.41, 5.74) is -0.306. The average molecular weight is 172 g/mol. The fraction of sp³-hybridized carbons (Fsp3) is 0.250. The number of halogens is 1. The molecule has 0 unspecified atom stereocenters. The van der Waals surface area contributed by atoms with E-state index in [9.17, 15) is 14.0 Å². The number of carbonyl (C=O) groups is 2. The summed E-state index contributed by atoms with van der Waals surface area (Å²) < 4.78 is 15.9. The fourth-order valence-corrected chi connectivity index (χ4v) is 0.298. The predicted octanol–water partition coefficient (Wildman–Crippen LogP) is 1.16. The first-order chi connectivity index (χ1) is 5.49. The van der Waals surface area contributed by atoms with Gasteiger partial charge in [0.2, 0.25) is 0 Å². The molecule has 0 aromatic carbocycles. The Kier molecular flexibility index (Phi) is 3.90. The molecule has 0 rings (SSSR count). The third-order valence-electron chi connectivity index (χ3n) is 0.984. The molecule has 3 nitrogen and oxygen atoms in total. The molecule has 66 valence electrons. The van der Waals surface area contributed by atoms with Gasteiger partial charge >= 0.3 is 11.9 Å². The van der Waals surface area contributed by atoms with E-state index in [4.69, 9.17) is 0 Å². The van der Waals surface area contributed by atoms with E-state index in [2.05, 4.69) is 17.9 Å². The van der Waals surface area contributed by atoms with Gasteiger partial charge in [-0.25, -0.2) is 14.0 Å². The normalized spacial score (nSPS) is 8.83. The third-order valence-corrected chi connectivity index (χ3v) is 0.984. The van der Waals surface area contributed by atoms with Gasteiger partial charge in [-0.2, -0.15) is 0 Å². The average Bonchev–Trinajstić information content (AvgIpc) is 2.02. The Morgan fingerprint density at radius 1 is 1.33 bits per heavy atom. The molecular weight excluding hydrogens is 163 g/mol. The summed E-state index contributed by atoms with van der Waals surface area (Å²) in [6.45, 7) is 6.65. The lowest BCUT2D eigenvalue weighted by molar-refractivity contribution is -0.154. The first-order valence-corrected chi connectivity index (χ1v) is 3.14. The number of ether oxygens (including phenoxy) is 1. The van der Waals surface area contributed by atoms with Gasteiger partial charge in [-0.3, -0.25) is 0 Å². The largest absolute Gasteiger partial charge is 0.386 e. The van der Waals surface area contributed by atoms with E-state index in [-0.39, 0.29) is 11.1 Å². The Hall–Kier alpha value is -1.45. The second-order valence-corrected chi connectivity index (χ2v) is 2.19. The highest BCUT2D eigenvalue weighted by Gasteiger charge is 2.13. The third kappa shape index (κ3) is 3.09. The first kappa shape index (κ1) is 10.6. The number of hydrogen-bond donors (Lipinski definition) is 0. The highest BCUT2D eigenvalue weighted by molar-refractivity contribution is 6.01. The van der Waals surface area contributed by atoms with Crippen LogP contribution in [0, 0.1) is 0 Å². The van der Waals surface area contributed by atoms with Crippen LogP contribution in [0.15, 0.2) is 24.3 Å². The van der Waals surface area contributed by atoms with Crippen molar-refractivity contribution in [1.82, 2.24) is 0 Å². The molecule has 0 aromatic rings. The fourth-order valence-electron chi connectivity index (χ4n) is 0.298. The van der Waals surface area contributed by atoms with E-state index in [1.165, 1.54) is 6.92 Å². The molecule has 0 aliphatic heterocycles. The van der Waals surface area contributed by atoms with E-state index < -0.39 is 18.6 Å². The molecule has 0 N–H and O–H groups in total. The van der Waals surface area contributed by atoms with Gasteiger partial charge in [0.05, 0.1) is 5.57 Å². The molecule has 0 amide bonds. The van der Waals surface area contributed by atoms with Crippen molar-refractivity contribution in [2.45, 2.75) is 6.92 Å². The Morgan fingerprint density at radius 2 is 1.83 bits per heavy atom. The Balaban J connectivity index is 4.11. The summed E-state index contributed by atoms with van der Waals surface area (Å²) in [4.78, 5) is 21.3. The summed E-state index contributed by atoms with van der Waals surface area (Å²) in [6.07, 6.45) is 0. The van der Waals surface area contributed by atoms with Crippen molar-refractivity contribution in [3.63, 3.8) is 0 Å². The van der Waals surface area contributed by atoms with Gasteiger partial charge in [0.15, 0.2) is 0 Å². The van der Waals surface area contributed by atoms with Crippen molar-refractivity contribution in [1.29, 1.82) is 0 Å². The molecule has 0 aromatic heterocycles. The smallest absolute Gasteiger partial charge is 0.343 e. The van der Waals surface area contributed by atoms with Gasteiger partial charge in [0, 0.05) is 5.57 Å². The van der Waals surface area contributed by atoms with Crippen LogP contribution in [0.25, 0.3) is 0 Å². The van der Waals surface area contributed by atoms with Crippen LogP contribution >= 0.6 is 0 Å². The van der Waals surface area contributed by atoms with Crippen molar-refractivity contribution >= 4 is 11.9 Å². The minimum atomic E-state index is -1.05. The van der Waals surface area contributed by atoms with E-state index >= 15 is 0 Å². The lowest BCUT2D eigenvalue weighted by atomic mass is 10.3. The Bertz CT molecular complexity index is 243. The van der Waals surface area contributed by atoms with Crippen molar-refractivity contribution in [3.8, 4) is 0 Å². The zero-order chi connectivity index (χ0) is 9.72. The van der Waals surface area contributed by atoms with Crippen LogP contribution in [0.5, 0.6) is 0 Å². The molecule has 0 bridgehead atoms. The molecule has 0 saturated heterocycles. The van der Waals surface area contributed by atoms with Gasteiger partial charge in [0.25, 0.3) is 0 Å². The van der Waals surface area contributed by atoms with Crippen molar-refractivity contribution in [2.75, 3.05) is 6.67 Å². The van der Waals surface area contributed by atoms with Crippen molar-refractivity contribution < 1.29 is 18.7 Å². The van der Waals surface area contributed by atoms with Gasteiger partial charge in [-0.15, -0.1) is 0 Å². The van der Waals surface area contributed by atoms with Gasteiger partial charge in [-0.05, 0) is 6.92 Å². The molecule has 0 heterocycles. The zero-order valence-corrected chi connectivity index (χ0v) is 6.72. The number of rotatable bonds is 3. The van der Waals surface area contributed by atoms with E-state index in [1.54, 1.807) is 0 Å². The van der Waals surface area contributed by atoms with Crippen LogP contribution < -0.4 is 0 Å². The number of esters is 2. The lowest BCUT2D eigenvalue weighted by Gasteiger charge is -2.00. The summed E-state index contributed by atoms with van der Waals surface area (Å²) in [5, 5.41) is 0. The zero-order valence-electron chi connectivity index (χ0n) is 6.72. The molecule has 0 aliphatic rings. The van der Waals surface area contributed by atoms with Gasteiger partial charge in [-0.1, -0.05) is 13.2 Å². The molecule has 0 aliphatic carbocycles. The molecule has 4 heteroatoms. The monoisotopic (exact) mass is 172 g/mol. The summed E-state index contributed by atoms with van der Waals surface area (Å²) >= 11 is 0. The number of hydrogen-bond acceptors (Lipinski definition) is 3. The van der Waals surface area contributed by atoms with Crippen LogP contribution in [-0.4, -0.2) is 18.6 Å². The molecule has 0 atom stereocenters. The van der Waals surface area contributed by atoms with Crippen LogP contribution in [0.4, 0.5) is 4.39 Å². The first-order valence-electron chi connectivity index (χ1n) is 3.14. The second kappa shape index (κ2) is 4.43. The summed E-state index contributed by atoms with van der Waals surface area (Å²) in [5.74, 6) is -1.92. The maximum atomic E-state index is 11.8. The molecular formula is C8H9FO3. The van der Waals surface area contributed by atoms with Crippen molar-refractivity contribution in [2.24, 2.45) is 0 Å². The molecule has 0 saturated carbocycles. The van der Waals surface area contributed by atoms with E-state index in [0.717, 1.165) is 0 Å². The second-order valence-electron chi connectivity index (χ2n) is 2.19. The predicted molar refractivity (Wildman–Crippen MR) is 41.0 cm³/mol. The molecule has 0 spiro atoms. The van der Waals surface area contributed by atoms with Crippen LogP contribution in [0.3, 0.4) is 0 Å². The van der Waals surface area contributed by atoms with E-state index in [0.29, 0.717) is 0 Å². The summed E-state index contributed by atoms with van der Waals surface area (Å²) in [7, 11) is 0. The number of alkyl halides is 1. The van der Waals surface area contributed by atoms with Gasteiger partial charge < -0.3 is 4.74 Å². The maximum Gasteiger partial charge on any atom is 0.343 e. The van der Waals surface area contributed by atoms with E-state index in [1.807, 2.05) is 0 Å². The Labute approximate surface area is 69.5 Å². The minimum Gasteiger partial charge on any atom is -0.386 e. The number of carbonyl (C=O) groups excluding carboxylic acids is 2. The topological polar surface area (TPSA) is 43.4 Å². The molecule has 0 fully saturated rings. The lowest BCUT2D eigenvalue weighted by Crippen LogP contribution is -2.14. The summed E-state index contributed by atoms with van der Waals surface area (Å²) in [6, 6.07) is 0. The van der Waals surface area contributed by atoms with Crippen LogP contribution in [-0.2, 0) is 14.3 Å². The molecule has 0 radical (unpaired) electrons. The SMILES string of the molecule is C=C(C)C(=O)OC(=O)C(=C)CF. The highest BCUT2D eigenvalue weighted by atomic mass is 19.1. The van der Waals surface area contributed by atoms with Crippen molar-refractivity contribution in [3.05, 3.63) is 24.3 Å².